The van der Waals surface area contributed by atoms with Gasteiger partial charge in [-0.25, -0.2) is 0 Å². The number of carbonyl (C=O) groups is 1. The van der Waals surface area contributed by atoms with Gasteiger partial charge in [-0.3, -0.25) is 9.69 Å². The maximum absolute atomic E-state index is 12.2. The Hall–Kier alpha value is -1.83. The second-order valence-electron chi connectivity index (χ2n) is 5.64. The van der Waals surface area contributed by atoms with Crippen molar-refractivity contribution in [2.45, 2.75) is 0 Å². The van der Waals surface area contributed by atoms with Crippen molar-refractivity contribution in [1.82, 2.24) is 9.80 Å². The lowest BCUT2D eigenvalue weighted by Gasteiger charge is -2.34. The molecular formula is C17H21N3O3S. The molecule has 2 heterocycles. The first kappa shape index (κ1) is 17.0. The predicted octanol–water partition coefficient (Wildman–Crippen LogP) is 1.28. The van der Waals surface area contributed by atoms with Gasteiger partial charge in [0.2, 0.25) is 0 Å². The van der Waals surface area contributed by atoms with Gasteiger partial charge in [-0.1, -0.05) is 12.1 Å². The van der Waals surface area contributed by atoms with Gasteiger partial charge in [0.15, 0.2) is 5.17 Å². The molecule has 24 heavy (non-hydrogen) atoms. The fourth-order valence-electron chi connectivity index (χ4n) is 2.72. The molecule has 0 spiro atoms. The molecule has 3 rings (SSSR count). The molecule has 0 atom stereocenters. The summed E-state index contributed by atoms with van der Waals surface area (Å²) in [4.78, 5) is 21.4. The van der Waals surface area contributed by atoms with E-state index < -0.39 is 0 Å². The van der Waals surface area contributed by atoms with Crippen LogP contribution in [0.25, 0.3) is 6.08 Å². The maximum atomic E-state index is 12.2. The molecule has 1 fully saturated rings. The van der Waals surface area contributed by atoms with E-state index in [4.69, 9.17) is 9.84 Å². The molecule has 7 heteroatoms. The number of amides is 1. The molecule has 6 nitrogen and oxygen atoms in total. The van der Waals surface area contributed by atoms with Gasteiger partial charge in [0.25, 0.3) is 5.91 Å². The molecule has 1 saturated heterocycles. The first-order valence-corrected chi connectivity index (χ1v) is 8.76. The number of aliphatic imine (C=N–C) groups is 1. The van der Waals surface area contributed by atoms with Crippen molar-refractivity contribution in [3.05, 3.63) is 34.7 Å². The molecule has 2 aliphatic rings. The molecule has 0 bridgehead atoms. The van der Waals surface area contributed by atoms with E-state index in [-0.39, 0.29) is 12.5 Å². The lowest BCUT2D eigenvalue weighted by molar-refractivity contribution is -0.113. The van der Waals surface area contributed by atoms with Gasteiger partial charge in [0.1, 0.15) is 5.75 Å². The van der Waals surface area contributed by atoms with Crippen molar-refractivity contribution >= 4 is 28.9 Å². The third-order valence-corrected chi connectivity index (χ3v) is 5.10. The molecule has 1 amide bonds. The van der Waals surface area contributed by atoms with Crippen LogP contribution in [0.4, 0.5) is 0 Å². The van der Waals surface area contributed by atoms with Crippen LogP contribution in [0.2, 0.25) is 0 Å². The number of rotatable bonds is 4. The summed E-state index contributed by atoms with van der Waals surface area (Å²) in [6.07, 6.45) is 1.86. The Morgan fingerprint density at radius 2 is 2.12 bits per heavy atom. The van der Waals surface area contributed by atoms with Crippen molar-refractivity contribution in [2.24, 2.45) is 4.99 Å². The smallest absolute Gasteiger partial charge is 0.286 e. The minimum atomic E-state index is -0.185. The second kappa shape index (κ2) is 7.83. The minimum absolute atomic E-state index is 0.182. The summed E-state index contributed by atoms with van der Waals surface area (Å²) in [6.45, 7) is 4.29. The molecule has 0 aromatic heterocycles. The van der Waals surface area contributed by atoms with Gasteiger partial charge in [0, 0.05) is 32.7 Å². The summed E-state index contributed by atoms with van der Waals surface area (Å²) in [5.41, 5.74) is 0.925. The number of hydrogen-bond donors (Lipinski definition) is 1. The first-order valence-electron chi connectivity index (χ1n) is 7.94. The monoisotopic (exact) mass is 347 g/mol. The number of carbonyl (C=O) groups excluding carboxylic acids is 1. The summed E-state index contributed by atoms with van der Waals surface area (Å²) in [6, 6.07) is 7.61. The average molecular weight is 347 g/mol. The van der Waals surface area contributed by atoms with Crippen LogP contribution in [0.5, 0.6) is 5.75 Å². The molecule has 1 aromatic carbocycles. The maximum Gasteiger partial charge on any atom is 0.286 e. The minimum Gasteiger partial charge on any atom is -0.497 e. The van der Waals surface area contributed by atoms with Crippen LogP contribution in [-0.4, -0.2) is 72.4 Å². The highest BCUT2D eigenvalue weighted by atomic mass is 32.2. The number of amidine groups is 1. The van der Waals surface area contributed by atoms with Crippen molar-refractivity contribution in [1.29, 1.82) is 0 Å². The SMILES string of the molecule is COc1cccc(/C=C2/SC(N3CCN(CCO)CC3)=NC2=O)c1. The van der Waals surface area contributed by atoms with Crippen LogP contribution in [0.15, 0.2) is 34.2 Å². The van der Waals surface area contributed by atoms with Crippen LogP contribution in [0, 0.1) is 0 Å². The summed E-state index contributed by atoms with van der Waals surface area (Å²) < 4.78 is 5.21. The summed E-state index contributed by atoms with van der Waals surface area (Å²) in [5, 5.41) is 9.77. The van der Waals surface area contributed by atoms with E-state index in [0.717, 1.165) is 42.7 Å². The number of benzene rings is 1. The number of aliphatic hydroxyl groups is 1. The van der Waals surface area contributed by atoms with E-state index >= 15 is 0 Å². The number of nitrogens with zero attached hydrogens (tertiary/aromatic N) is 3. The predicted molar refractivity (Wildman–Crippen MR) is 96.1 cm³/mol. The highest BCUT2D eigenvalue weighted by molar-refractivity contribution is 8.18. The van der Waals surface area contributed by atoms with Crippen LogP contribution in [-0.2, 0) is 4.79 Å². The standard InChI is InChI=1S/C17H21N3O3S/c1-23-14-4-2-3-13(11-14)12-15-16(22)18-17(24-15)20-7-5-19(6-8-20)9-10-21/h2-4,11-12,21H,5-10H2,1H3/b15-12+. The lowest BCUT2D eigenvalue weighted by Crippen LogP contribution is -2.48. The van der Waals surface area contributed by atoms with Gasteiger partial charge < -0.3 is 14.7 Å². The van der Waals surface area contributed by atoms with E-state index in [9.17, 15) is 4.79 Å². The summed E-state index contributed by atoms with van der Waals surface area (Å²) in [7, 11) is 1.62. The highest BCUT2D eigenvalue weighted by Gasteiger charge is 2.28. The fraction of sp³-hybridized carbons (Fsp3) is 0.412. The van der Waals surface area contributed by atoms with E-state index in [1.165, 1.54) is 11.8 Å². The largest absolute Gasteiger partial charge is 0.497 e. The summed E-state index contributed by atoms with van der Waals surface area (Å²) in [5.74, 6) is 0.580. The van der Waals surface area contributed by atoms with Crippen molar-refractivity contribution < 1.29 is 14.6 Å². The van der Waals surface area contributed by atoms with E-state index in [1.54, 1.807) is 7.11 Å². The zero-order chi connectivity index (χ0) is 16.9. The third kappa shape index (κ3) is 3.98. The first-order chi connectivity index (χ1) is 11.7. The topological polar surface area (TPSA) is 65.4 Å². The number of hydrogen-bond acceptors (Lipinski definition) is 6. The zero-order valence-electron chi connectivity index (χ0n) is 13.6. The van der Waals surface area contributed by atoms with Crippen molar-refractivity contribution in [3.63, 3.8) is 0 Å². The second-order valence-corrected chi connectivity index (χ2v) is 6.65. The normalized spacial score (nSPS) is 20.6. The Bertz CT molecular complexity index is 667. The Balaban J connectivity index is 1.64. The number of ether oxygens (including phenoxy) is 1. The van der Waals surface area contributed by atoms with Gasteiger partial charge >= 0.3 is 0 Å². The zero-order valence-corrected chi connectivity index (χ0v) is 14.5. The number of aliphatic hydroxyl groups excluding tert-OH is 1. The molecule has 0 radical (unpaired) electrons. The molecule has 1 N–H and O–H groups in total. The fourth-order valence-corrected chi connectivity index (χ4v) is 3.68. The van der Waals surface area contributed by atoms with Crippen molar-refractivity contribution in [2.75, 3.05) is 46.4 Å². The number of thioether (sulfide) groups is 1. The molecular weight excluding hydrogens is 326 g/mol. The number of methoxy groups -OCH3 is 1. The Kier molecular flexibility index (Phi) is 5.55. The van der Waals surface area contributed by atoms with E-state index in [0.29, 0.717) is 11.4 Å². The van der Waals surface area contributed by atoms with E-state index in [2.05, 4.69) is 14.8 Å². The Labute approximate surface area is 145 Å². The lowest BCUT2D eigenvalue weighted by atomic mass is 10.2. The molecule has 0 saturated carbocycles. The Morgan fingerprint density at radius 3 is 2.83 bits per heavy atom. The number of piperazine rings is 1. The average Bonchev–Trinajstić information content (AvgIpc) is 2.97. The number of β-amino-alcohol motifs (C(OH)–C–C–N with tert-alkyl or cyclic N) is 1. The van der Waals surface area contributed by atoms with Gasteiger partial charge in [-0.05, 0) is 35.5 Å². The molecule has 0 unspecified atom stereocenters. The van der Waals surface area contributed by atoms with Crippen LogP contribution in [0.3, 0.4) is 0 Å². The summed E-state index contributed by atoms with van der Waals surface area (Å²) >= 11 is 1.43. The Morgan fingerprint density at radius 1 is 1.33 bits per heavy atom. The van der Waals surface area contributed by atoms with Crippen LogP contribution in [0.1, 0.15) is 5.56 Å². The molecule has 0 aliphatic carbocycles. The van der Waals surface area contributed by atoms with Gasteiger partial charge in [-0.2, -0.15) is 4.99 Å². The van der Waals surface area contributed by atoms with Crippen molar-refractivity contribution in [3.8, 4) is 5.75 Å². The third-order valence-electron chi connectivity index (χ3n) is 4.06. The quantitative estimate of drug-likeness (QED) is 0.828. The van der Waals surface area contributed by atoms with Crippen LogP contribution >= 0.6 is 11.8 Å². The van der Waals surface area contributed by atoms with Gasteiger partial charge in [-0.15, -0.1) is 0 Å². The molecule has 2 aliphatic heterocycles. The van der Waals surface area contributed by atoms with Gasteiger partial charge in [0.05, 0.1) is 18.6 Å². The molecule has 128 valence electrons. The highest BCUT2D eigenvalue weighted by Crippen LogP contribution is 2.31. The van der Waals surface area contributed by atoms with Crippen LogP contribution < -0.4 is 4.74 Å². The molecule has 1 aromatic rings. The van der Waals surface area contributed by atoms with E-state index in [1.807, 2.05) is 30.3 Å².